The summed E-state index contributed by atoms with van der Waals surface area (Å²) >= 11 is 0. The van der Waals surface area contributed by atoms with Crippen LogP contribution in [0.2, 0.25) is 0 Å². The molecule has 0 saturated heterocycles. The minimum atomic E-state index is -0.821. The van der Waals surface area contributed by atoms with Crippen molar-refractivity contribution in [2.24, 2.45) is 0 Å². The van der Waals surface area contributed by atoms with Gasteiger partial charge in [0.2, 0.25) is 5.89 Å². The zero-order chi connectivity index (χ0) is 28.7. The Morgan fingerprint density at radius 1 is 1.03 bits per heavy atom. The van der Waals surface area contributed by atoms with Crippen molar-refractivity contribution in [3.63, 3.8) is 0 Å². The van der Waals surface area contributed by atoms with E-state index < -0.39 is 35.3 Å². The number of alkyl carbamates (subject to hydrolysis) is 1. The monoisotopic (exact) mass is 545 g/mol. The molecule has 1 unspecified atom stereocenters. The van der Waals surface area contributed by atoms with Crippen molar-refractivity contribution in [2.45, 2.75) is 59.7 Å². The summed E-state index contributed by atoms with van der Waals surface area (Å²) in [4.78, 5) is 30.0. The lowest BCUT2D eigenvalue weighted by atomic mass is 10.1. The second kappa shape index (κ2) is 12.6. The van der Waals surface area contributed by atoms with Crippen LogP contribution in [0.25, 0.3) is 11.5 Å². The van der Waals surface area contributed by atoms with E-state index in [1.54, 1.807) is 45.9 Å². The molecule has 3 aromatic rings. The Bertz CT molecular complexity index is 1320. The highest BCUT2D eigenvalue weighted by molar-refractivity contribution is 5.94. The summed E-state index contributed by atoms with van der Waals surface area (Å²) in [6, 6.07) is 7.32. The summed E-state index contributed by atoms with van der Waals surface area (Å²) in [6.07, 6.45) is -0.715. The Morgan fingerprint density at radius 3 is 2.36 bits per heavy atom. The second-order valence-corrected chi connectivity index (χ2v) is 9.55. The molecule has 1 aromatic heterocycles. The smallest absolute Gasteiger partial charge is 0.408 e. The molecule has 210 valence electrons. The van der Waals surface area contributed by atoms with E-state index >= 15 is 0 Å². The highest BCUT2D eigenvalue weighted by Gasteiger charge is 2.28. The van der Waals surface area contributed by atoms with Crippen LogP contribution >= 0.6 is 0 Å². The van der Waals surface area contributed by atoms with Crippen LogP contribution in [0, 0.1) is 11.6 Å². The van der Waals surface area contributed by atoms with E-state index in [0.717, 1.165) is 12.1 Å². The zero-order valence-corrected chi connectivity index (χ0v) is 22.8. The number of hydrogen-bond acceptors (Lipinski definition) is 7. The van der Waals surface area contributed by atoms with E-state index in [4.69, 9.17) is 18.6 Å². The summed E-state index contributed by atoms with van der Waals surface area (Å²) in [7, 11) is 0. The second-order valence-electron chi connectivity index (χ2n) is 9.55. The van der Waals surface area contributed by atoms with Crippen molar-refractivity contribution in [3.8, 4) is 23.0 Å². The maximum atomic E-state index is 14.1. The maximum absolute atomic E-state index is 14.1. The number of oxazole rings is 1. The number of hydrogen-bond donors (Lipinski definition) is 2. The molecule has 0 bridgehead atoms. The molecule has 0 saturated carbocycles. The van der Waals surface area contributed by atoms with Crippen molar-refractivity contribution in [1.29, 1.82) is 0 Å². The van der Waals surface area contributed by atoms with Gasteiger partial charge in [-0.25, -0.2) is 18.6 Å². The predicted octanol–water partition coefficient (Wildman–Crippen LogP) is 5.93. The van der Waals surface area contributed by atoms with Crippen molar-refractivity contribution in [1.82, 2.24) is 15.6 Å². The van der Waals surface area contributed by atoms with Crippen LogP contribution in [-0.4, -0.2) is 35.8 Å². The quantitative estimate of drug-likeness (QED) is 0.325. The summed E-state index contributed by atoms with van der Waals surface area (Å²) in [5.74, 6) is -1.06. The molecule has 39 heavy (non-hydrogen) atoms. The van der Waals surface area contributed by atoms with Crippen LogP contribution in [0.15, 0.2) is 40.8 Å². The third kappa shape index (κ3) is 7.92. The van der Waals surface area contributed by atoms with Crippen LogP contribution in [0.3, 0.4) is 0 Å². The van der Waals surface area contributed by atoms with Crippen LogP contribution in [0.4, 0.5) is 13.6 Å². The van der Waals surface area contributed by atoms with Gasteiger partial charge in [-0.05, 0) is 65.8 Å². The lowest BCUT2D eigenvalue weighted by molar-refractivity contribution is 0.0501. The molecule has 0 aliphatic rings. The maximum Gasteiger partial charge on any atom is 0.408 e. The molecule has 3 rings (SSSR count). The van der Waals surface area contributed by atoms with Gasteiger partial charge in [0.15, 0.2) is 23.0 Å². The van der Waals surface area contributed by atoms with Gasteiger partial charge in [-0.15, -0.1) is 0 Å². The highest BCUT2D eigenvalue weighted by Crippen LogP contribution is 2.34. The number of nitrogens with zero attached hydrogens (tertiary/aromatic N) is 1. The molecule has 2 aromatic carbocycles. The van der Waals surface area contributed by atoms with Crippen LogP contribution in [0.1, 0.15) is 69.4 Å². The Morgan fingerprint density at radius 2 is 1.72 bits per heavy atom. The average Bonchev–Trinajstić information content (AvgIpc) is 3.29. The molecule has 9 nitrogen and oxygen atoms in total. The largest absolute Gasteiger partial charge is 0.490 e. The van der Waals surface area contributed by atoms with Crippen LogP contribution < -0.4 is 20.1 Å². The molecule has 11 heteroatoms. The number of aromatic nitrogens is 1. The highest BCUT2D eigenvalue weighted by atomic mass is 19.1. The average molecular weight is 546 g/mol. The van der Waals surface area contributed by atoms with Crippen molar-refractivity contribution < 1.29 is 37.0 Å². The Labute approximate surface area is 225 Å². The number of carbonyl (C=O) groups is 2. The number of nitrogens with one attached hydrogen (secondary N) is 2. The molecular weight excluding hydrogens is 512 g/mol. The minimum Gasteiger partial charge on any atom is -0.490 e. The number of rotatable bonds is 10. The SMILES string of the molecule is CCOc1ccc(-c2nc(C(=O)NCc3ccc(F)cc3F)c(C(C)NC(=O)OC(C)(C)C)o2)cc1OCC. The first-order chi connectivity index (χ1) is 18.4. The first kappa shape index (κ1) is 29.4. The normalized spacial score (nSPS) is 12.0. The van der Waals surface area contributed by atoms with E-state index in [1.807, 2.05) is 13.8 Å². The Kier molecular flexibility index (Phi) is 9.50. The molecule has 2 N–H and O–H groups in total. The summed E-state index contributed by atoms with van der Waals surface area (Å²) in [5, 5.41) is 5.21. The molecule has 1 heterocycles. The first-order valence-electron chi connectivity index (χ1n) is 12.5. The zero-order valence-electron chi connectivity index (χ0n) is 22.8. The van der Waals surface area contributed by atoms with Gasteiger partial charge in [0.1, 0.15) is 17.2 Å². The van der Waals surface area contributed by atoms with Gasteiger partial charge in [-0.3, -0.25) is 4.79 Å². The first-order valence-corrected chi connectivity index (χ1v) is 12.5. The minimum absolute atomic E-state index is 0.0554. The third-order valence-corrected chi connectivity index (χ3v) is 5.24. The molecule has 0 fully saturated rings. The van der Waals surface area contributed by atoms with E-state index in [0.29, 0.717) is 30.3 Å². The topological polar surface area (TPSA) is 112 Å². The third-order valence-electron chi connectivity index (χ3n) is 5.24. The molecule has 0 aliphatic carbocycles. The van der Waals surface area contributed by atoms with Crippen LogP contribution in [-0.2, 0) is 11.3 Å². The predicted molar refractivity (Wildman–Crippen MR) is 140 cm³/mol. The number of carbonyl (C=O) groups excluding carboxylic acids is 2. The molecule has 0 aliphatic heterocycles. The van der Waals surface area contributed by atoms with Crippen LogP contribution in [0.5, 0.6) is 11.5 Å². The molecule has 1 atom stereocenters. The number of halogens is 2. The number of benzene rings is 2. The van der Waals surface area contributed by atoms with E-state index in [1.165, 1.54) is 6.07 Å². The van der Waals surface area contributed by atoms with Gasteiger partial charge < -0.3 is 29.3 Å². The Hall–Kier alpha value is -4.15. The van der Waals surface area contributed by atoms with Crippen molar-refractivity contribution in [3.05, 3.63) is 65.1 Å². The summed E-state index contributed by atoms with van der Waals surface area (Å²) in [5.41, 5.74) is -0.282. The molecular formula is C28H33F2N3O6. The Balaban J connectivity index is 1.95. The van der Waals surface area contributed by atoms with Gasteiger partial charge in [0, 0.05) is 23.7 Å². The summed E-state index contributed by atoms with van der Waals surface area (Å²) in [6.45, 7) is 11.1. The van der Waals surface area contributed by atoms with Crippen molar-refractivity contribution >= 4 is 12.0 Å². The number of ether oxygens (including phenoxy) is 3. The van der Waals surface area contributed by atoms with E-state index in [-0.39, 0.29) is 29.5 Å². The summed E-state index contributed by atoms with van der Waals surface area (Å²) < 4.78 is 49.9. The van der Waals surface area contributed by atoms with E-state index in [9.17, 15) is 18.4 Å². The lowest BCUT2D eigenvalue weighted by Crippen LogP contribution is -2.34. The molecule has 0 radical (unpaired) electrons. The fraction of sp³-hybridized carbons (Fsp3) is 0.393. The molecule has 0 spiro atoms. The van der Waals surface area contributed by atoms with Gasteiger partial charge in [-0.2, -0.15) is 0 Å². The fourth-order valence-electron chi connectivity index (χ4n) is 3.57. The van der Waals surface area contributed by atoms with Gasteiger partial charge in [0.25, 0.3) is 5.91 Å². The van der Waals surface area contributed by atoms with Gasteiger partial charge >= 0.3 is 6.09 Å². The fourth-order valence-corrected chi connectivity index (χ4v) is 3.57. The van der Waals surface area contributed by atoms with Gasteiger partial charge in [0.05, 0.1) is 19.3 Å². The standard InChI is InChI=1S/C28H33F2N3O6/c1-7-36-21-12-10-17(13-22(21)37-8-2)26-33-23(24(38-26)16(3)32-27(35)39-28(4,5)6)25(34)31-15-18-9-11-19(29)14-20(18)30/h9-14,16H,7-8,15H2,1-6H3,(H,31,34)(H,32,35). The number of amides is 2. The molecule has 2 amide bonds. The lowest BCUT2D eigenvalue weighted by Gasteiger charge is -2.21. The van der Waals surface area contributed by atoms with Crippen molar-refractivity contribution in [2.75, 3.05) is 13.2 Å². The van der Waals surface area contributed by atoms with Gasteiger partial charge in [-0.1, -0.05) is 6.07 Å². The van der Waals surface area contributed by atoms with E-state index in [2.05, 4.69) is 15.6 Å².